The molecule has 1 aromatic heterocycles. The van der Waals surface area contributed by atoms with E-state index in [9.17, 15) is 19.2 Å². The molecule has 70 heavy (non-hydrogen) atoms. The van der Waals surface area contributed by atoms with Gasteiger partial charge in [0.25, 0.3) is 0 Å². The van der Waals surface area contributed by atoms with Gasteiger partial charge in [0.1, 0.15) is 29.4 Å². The molecule has 0 unspecified atom stereocenters. The molecule has 0 bridgehead atoms. The second kappa shape index (κ2) is 23.1. The van der Waals surface area contributed by atoms with E-state index in [0.29, 0.717) is 46.5 Å². The van der Waals surface area contributed by atoms with Gasteiger partial charge in [0.2, 0.25) is 29.5 Å². The molecule has 0 radical (unpaired) electrons. The van der Waals surface area contributed by atoms with Crippen molar-refractivity contribution in [3.05, 3.63) is 136 Å². The third-order valence-electron chi connectivity index (χ3n) is 13.1. The van der Waals surface area contributed by atoms with E-state index in [0.717, 1.165) is 28.2 Å². The zero-order valence-electron chi connectivity index (χ0n) is 40.7. The van der Waals surface area contributed by atoms with Crippen molar-refractivity contribution < 1.29 is 33.4 Å². The fourth-order valence-electron chi connectivity index (χ4n) is 8.95. The van der Waals surface area contributed by atoms with Gasteiger partial charge in [-0.15, -0.1) is 0 Å². The molecule has 370 valence electrons. The maximum absolute atomic E-state index is 15.0. The minimum atomic E-state index is -1.19. The first-order valence-corrected chi connectivity index (χ1v) is 24.2. The van der Waals surface area contributed by atoms with Crippen LogP contribution in [0.5, 0.6) is 11.5 Å². The molecule has 1 saturated carbocycles. The second-order valence-corrected chi connectivity index (χ2v) is 19.5. The van der Waals surface area contributed by atoms with Crippen molar-refractivity contribution in [3.8, 4) is 22.8 Å². The fourth-order valence-corrected chi connectivity index (χ4v) is 9.24. The van der Waals surface area contributed by atoms with E-state index in [-0.39, 0.29) is 56.3 Å². The van der Waals surface area contributed by atoms with Crippen molar-refractivity contribution in [1.29, 1.82) is 0 Å². The Kier molecular flexibility index (Phi) is 17.0. The Morgan fingerprint density at radius 1 is 0.786 bits per heavy atom. The van der Waals surface area contributed by atoms with Gasteiger partial charge in [-0.05, 0) is 99.9 Å². The van der Waals surface area contributed by atoms with Crippen molar-refractivity contribution in [2.75, 3.05) is 41.9 Å². The van der Waals surface area contributed by atoms with Crippen LogP contribution in [0.1, 0.15) is 48.7 Å². The highest BCUT2D eigenvalue weighted by atomic mass is 35.5. The van der Waals surface area contributed by atoms with Crippen LogP contribution in [0, 0.1) is 5.92 Å². The summed E-state index contributed by atoms with van der Waals surface area (Å²) in [6.45, 7) is 1.97. The van der Waals surface area contributed by atoms with Gasteiger partial charge in [-0.1, -0.05) is 71.7 Å². The predicted molar refractivity (Wildman–Crippen MR) is 269 cm³/mol. The number of fused-ring (bicyclic) bond motifs is 1. The number of imidazole rings is 1. The Morgan fingerprint density at radius 3 is 2.16 bits per heavy atom. The van der Waals surface area contributed by atoms with Crippen LogP contribution in [-0.2, 0) is 61.7 Å². The number of ether oxygens (including phenoxy) is 2. The minimum Gasteiger partial charge on any atom is -0.457 e. The molecule has 17 heteroatoms. The molecule has 5 amide bonds. The summed E-state index contributed by atoms with van der Waals surface area (Å²) in [7, 11) is 10.7. The third kappa shape index (κ3) is 12.9. The van der Waals surface area contributed by atoms with Crippen LogP contribution in [0.25, 0.3) is 11.3 Å². The lowest BCUT2D eigenvalue weighted by molar-refractivity contribution is -0.146. The number of benzene rings is 4. The van der Waals surface area contributed by atoms with Gasteiger partial charge in [-0.2, -0.15) is 0 Å². The summed E-state index contributed by atoms with van der Waals surface area (Å²) in [6, 6.07) is 25.6. The Balaban J connectivity index is 1.22. The van der Waals surface area contributed by atoms with Gasteiger partial charge in [0.15, 0.2) is 0 Å². The fraction of sp³-hybridized carbons (Fsp3) is 0.396. The van der Waals surface area contributed by atoms with E-state index in [1.165, 1.54) is 16.9 Å². The number of amides is 5. The SMILES string of the molecule is COC[C@@H]1NC(=O)[C@H](C)N(Cc2ccc(Cl)cc2Oc2ccc(-c3cnc(CN(C)C)n3C)cc2)C(=O)C[C@@H](Cc2ccccc2)C(=O)N(C)[C@@H]2C[C@@H]2NC(=O)C[C@H](Cc2ccc(Cl)cc2)N(C)C1=O. The Morgan fingerprint density at radius 2 is 1.47 bits per heavy atom. The summed E-state index contributed by atoms with van der Waals surface area (Å²) >= 11 is 12.8. The number of carbonyl (C=O) groups excluding carboxylic acids is 5. The normalized spacial score (nSPS) is 21.8. The van der Waals surface area contributed by atoms with E-state index < -0.39 is 41.8 Å². The summed E-state index contributed by atoms with van der Waals surface area (Å²) in [5.41, 5.74) is 4.12. The van der Waals surface area contributed by atoms with Gasteiger partial charge in [-0.25, -0.2) is 4.98 Å². The van der Waals surface area contributed by atoms with Crippen LogP contribution < -0.4 is 15.4 Å². The van der Waals surface area contributed by atoms with Crippen molar-refractivity contribution in [2.45, 2.75) is 82.3 Å². The van der Waals surface area contributed by atoms with E-state index in [4.69, 9.17) is 32.7 Å². The smallest absolute Gasteiger partial charge is 0.247 e. The van der Waals surface area contributed by atoms with Crippen molar-refractivity contribution in [3.63, 3.8) is 0 Å². The highest BCUT2D eigenvalue weighted by Crippen LogP contribution is 2.34. The molecule has 0 spiro atoms. The number of aromatic nitrogens is 2. The lowest BCUT2D eigenvalue weighted by Crippen LogP contribution is -2.57. The molecule has 6 atom stereocenters. The number of nitrogens with zero attached hydrogens (tertiary/aromatic N) is 6. The predicted octanol–water partition coefficient (Wildman–Crippen LogP) is 6.53. The largest absolute Gasteiger partial charge is 0.457 e. The molecule has 5 aromatic rings. The maximum Gasteiger partial charge on any atom is 0.247 e. The van der Waals surface area contributed by atoms with Crippen LogP contribution in [-0.4, -0.2) is 131 Å². The molecular formula is C53H62Cl2N8O7. The van der Waals surface area contributed by atoms with Crippen LogP contribution >= 0.6 is 23.2 Å². The van der Waals surface area contributed by atoms with Crippen LogP contribution in [0.4, 0.5) is 0 Å². The summed E-state index contributed by atoms with van der Waals surface area (Å²) in [5.74, 6) is -1.19. The molecule has 2 N–H and O–H groups in total. The number of carbonyl (C=O) groups is 5. The molecular weight excluding hydrogens is 932 g/mol. The third-order valence-corrected chi connectivity index (χ3v) is 13.6. The molecule has 2 heterocycles. The zero-order chi connectivity index (χ0) is 50.2. The molecule has 7 rings (SSSR count). The summed E-state index contributed by atoms with van der Waals surface area (Å²) < 4.78 is 14.0. The first-order chi connectivity index (χ1) is 33.5. The number of methoxy groups -OCH3 is 1. The molecule has 4 aromatic carbocycles. The highest BCUT2D eigenvalue weighted by molar-refractivity contribution is 6.31. The summed E-state index contributed by atoms with van der Waals surface area (Å²) in [5, 5.41) is 6.89. The first-order valence-electron chi connectivity index (χ1n) is 23.4. The standard InChI is InChI=1S/C53H62Cl2N8O7/c1-33-51(66)58-44(32-69-7)53(68)60(4)41(24-35-13-18-39(54)19-14-35)27-49(64)57-43-28-45(43)62(6)52(67)38(23-34-11-9-8-10-12-34)25-50(65)63(33)30-37-15-20-40(55)26-47(37)70-42-21-16-36(17-22-42)46-29-56-48(61(46)5)31-59(2)3/h8-22,26,29,33,38,41,43-45H,23-25,27-28,30-32H2,1-7H3,(H,57,64)(H,58,66)/t33-,38+,41-,43-,44-,45+/m0/s1. The van der Waals surface area contributed by atoms with Crippen molar-refractivity contribution in [1.82, 2.24) is 39.8 Å². The van der Waals surface area contributed by atoms with E-state index in [2.05, 4.69) is 25.1 Å². The van der Waals surface area contributed by atoms with Gasteiger partial charge in [0, 0.05) is 68.3 Å². The van der Waals surface area contributed by atoms with E-state index in [1.54, 1.807) is 56.3 Å². The van der Waals surface area contributed by atoms with Gasteiger partial charge < -0.3 is 44.3 Å². The molecule has 15 nitrogen and oxygen atoms in total. The lowest BCUT2D eigenvalue weighted by atomic mass is 9.93. The molecule has 1 saturated heterocycles. The molecule has 1 aliphatic heterocycles. The second-order valence-electron chi connectivity index (χ2n) is 18.6. The molecule has 1 aliphatic carbocycles. The van der Waals surface area contributed by atoms with Gasteiger partial charge >= 0.3 is 0 Å². The quantitative estimate of drug-likeness (QED) is 0.134. The average Bonchev–Trinajstić information content (AvgIpc) is 4.01. The van der Waals surface area contributed by atoms with E-state index >= 15 is 4.79 Å². The Labute approximate surface area is 420 Å². The van der Waals surface area contributed by atoms with Crippen LogP contribution in [0.15, 0.2) is 103 Å². The number of rotatable bonds is 13. The van der Waals surface area contributed by atoms with Crippen molar-refractivity contribution in [2.24, 2.45) is 13.0 Å². The Hall–Kier alpha value is -6.26. The molecule has 2 aliphatic rings. The maximum atomic E-state index is 15.0. The Bertz CT molecular complexity index is 2650. The number of halogens is 2. The topological polar surface area (TPSA) is 159 Å². The number of hydrogen-bond acceptors (Lipinski definition) is 9. The number of hydrogen-bond donors (Lipinski definition) is 2. The molecule has 2 fully saturated rings. The van der Waals surface area contributed by atoms with Crippen LogP contribution in [0.2, 0.25) is 10.0 Å². The number of likely N-dealkylation sites (N-methyl/N-ethyl adjacent to an activating group) is 2. The highest BCUT2D eigenvalue weighted by Gasteiger charge is 2.45. The van der Waals surface area contributed by atoms with Crippen molar-refractivity contribution >= 4 is 52.7 Å². The number of nitrogens with one attached hydrogen (secondary N) is 2. The summed E-state index contributed by atoms with van der Waals surface area (Å²) in [6.07, 6.45) is 2.63. The average molecular weight is 994 g/mol. The minimum absolute atomic E-state index is 0.0490. The van der Waals surface area contributed by atoms with E-state index in [1.807, 2.05) is 94.1 Å². The van der Waals surface area contributed by atoms with Crippen LogP contribution in [0.3, 0.4) is 0 Å². The van der Waals surface area contributed by atoms with Gasteiger partial charge in [0.05, 0.1) is 49.6 Å². The van der Waals surface area contributed by atoms with Gasteiger partial charge in [-0.3, -0.25) is 24.0 Å². The monoisotopic (exact) mass is 992 g/mol. The summed E-state index contributed by atoms with van der Waals surface area (Å²) in [4.78, 5) is 83.7. The lowest BCUT2D eigenvalue weighted by Gasteiger charge is -2.34. The first kappa shape index (κ1) is 51.6. The zero-order valence-corrected chi connectivity index (χ0v) is 42.2.